The number of hydrogen-bond donors (Lipinski definition) is 2. The first-order valence-electron chi connectivity index (χ1n) is 8.68. The number of amides is 1. The summed E-state index contributed by atoms with van der Waals surface area (Å²) in [5, 5.41) is 14.1. The van der Waals surface area contributed by atoms with Crippen LogP contribution in [0.25, 0.3) is 0 Å². The molecule has 3 N–H and O–H groups in total. The highest BCUT2D eigenvalue weighted by atomic mass is 16.6. The molecule has 0 unspecified atom stereocenters. The number of hydrogen-bond acceptors (Lipinski definition) is 6. The Hall–Kier alpha value is -3.26. The van der Waals surface area contributed by atoms with E-state index < -0.39 is 22.2 Å². The molecule has 0 aliphatic carbocycles. The minimum Gasteiger partial charge on any atom is -0.372 e. The number of carbonyl (C=O) groups is 2. The monoisotopic (exact) mass is 384 g/mol. The molecule has 0 saturated carbocycles. The van der Waals surface area contributed by atoms with Gasteiger partial charge in [-0.1, -0.05) is 18.2 Å². The highest BCUT2D eigenvalue weighted by Crippen LogP contribution is 2.29. The number of nitrogens with two attached hydrogens (primary N) is 1. The first-order valence-corrected chi connectivity index (χ1v) is 8.68. The van der Waals surface area contributed by atoms with E-state index in [0.29, 0.717) is 5.69 Å². The summed E-state index contributed by atoms with van der Waals surface area (Å²) < 4.78 is 0. The number of nitrogens with one attached hydrogen (secondary N) is 1. The largest absolute Gasteiger partial charge is 0.372 e. The first kappa shape index (κ1) is 21.0. The molecule has 0 radical (unpaired) electrons. The summed E-state index contributed by atoms with van der Waals surface area (Å²) in [6.45, 7) is 3.78. The van der Waals surface area contributed by atoms with Crippen LogP contribution in [0, 0.1) is 10.1 Å². The molecule has 8 nitrogen and oxygen atoms in total. The number of rotatable bonds is 7. The van der Waals surface area contributed by atoms with Crippen molar-refractivity contribution in [2.24, 2.45) is 5.73 Å². The second-order valence-corrected chi connectivity index (χ2v) is 7.40. The SMILES string of the molecule is CN(C)c1ccc(C(=O)c2ccccc2C(=O)NCC(C)(C)N)cc1[N+](=O)[O-]. The van der Waals surface area contributed by atoms with Crippen molar-refractivity contribution >= 4 is 23.1 Å². The van der Waals surface area contributed by atoms with Crippen LogP contribution in [0.1, 0.15) is 40.1 Å². The Bertz CT molecular complexity index is 917. The van der Waals surface area contributed by atoms with Gasteiger partial charge in [0, 0.05) is 43.4 Å². The van der Waals surface area contributed by atoms with Gasteiger partial charge in [0.05, 0.1) is 10.5 Å². The van der Waals surface area contributed by atoms with E-state index in [1.54, 1.807) is 45.0 Å². The third-order valence-corrected chi connectivity index (χ3v) is 4.04. The fourth-order valence-corrected chi connectivity index (χ4v) is 2.63. The van der Waals surface area contributed by atoms with E-state index in [9.17, 15) is 19.7 Å². The van der Waals surface area contributed by atoms with E-state index in [1.807, 2.05) is 0 Å². The van der Waals surface area contributed by atoms with Crippen molar-refractivity contribution < 1.29 is 14.5 Å². The fraction of sp³-hybridized carbons (Fsp3) is 0.300. The Morgan fingerprint density at radius 1 is 1.14 bits per heavy atom. The first-order chi connectivity index (χ1) is 13.0. The van der Waals surface area contributed by atoms with Crippen molar-refractivity contribution in [3.63, 3.8) is 0 Å². The zero-order valence-electron chi connectivity index (χ0n) is 16.4. The standard InChI is InChI=1S/C20H24N4O4/c1-20(2,21)12-22-19(26)15-8-6-5-7-14(15)18(25)13-9-10-16(23(3)4)17(11-13)24(27)28/h5-11H,12,21H2,1-4H3,(H,22,26). The van der Waals surface area contributed by atoms with E-state index in [4.69, 9.17) is 5.73 Å². The Labute approximate surface area is 163 Å². The van der Waals surface area contributed by atoms with E-state index in [-0.39, 0.29) is 28.9 Å². The number of nitrogens with zero attached hydrogens (tertiary/aromatic N) is 2. The van der Waals surface area contributed by atoms with E-state index in [2.05, 4.69) is 5.32 Å². The van der Waals surface area contributed by atoms with Crippen LogP contribution < -0.4 is 16.0 Å². The van der Waals surface area contributed by atoms with Gasteiger partial charge in [0.15, 0.2) is 5.78 Å². The minimum atomic E-state index is -0.600. The average molecular weight is 384 g/mol. The highest BCUT2D eigenvalue weighted by Gasteiger charge is 2.23. The molecule has 0 bridgehead atoms. The van der Waals surface area contributed by atoms with Crippen LogP contribution in [0.5, 0.6) is 0 Å². The molecular formula is C20H24N4O4. The number of carbonyl (C=O) groups excluding carboxylic acids is 2. The Kier molecular flexibility index (Phi) is 6.15. The van der Waals surface area contributed by atoms with Crippen LogP contribution in [0.3, 0.4) is 0 Å². The Morgan fingerprint density at radius 3 is 2.29 bits per heavy atom. The lowest BCUT2D eigenvalue weighted by Crippen LogP contribution is -2.45. The highest BCUT2D eigenvalue weighted by molar-refractivity contribution is 6.15. The molecule has 0 spiro atoms. The second-order valence-electron chi connectivity index (χ2n) is 7.40. The third kappa shape index (κ3) is 4.92. The summed E-state index contributed by atoms with van der Waals surface area (Å²) >= 11 is 0. The van der Waals surface area contributed by atoms with Crippen LogP contribution in [-0.4, -0.2) is 42.8 Å². The molecule has 0 aliphatic rings. The van der Waals surface area contributed by atoms with Crippen molar-refractivity contribution in [2.45, 2.75) is 19.4 Å². The molecule has 0 heterocycles. The van der Waals surface area contributed by atoms with Gasteiger partial charge in [0.1, 0.15) is 5.69 Å². The van der Waals surface area contributed by atoms with Crippen molar-refractivity contribution in [1.29, 1.82) is 0 Å². The van der Waals surface area contributed by atoms with Crippen LogP contribution >= 0.6 is 0 Å². The summed E-state index contributed by atoms with van der Waals surface area (Å²) in [7, 11) is 3.37. The molecule has 0 aromatic heterocycles. The third-order valence-electron chi connectivity index (χ3n) is 4.04. The lowest BCUT2D eigenvalue weighted by atomic mass is 9.97. The molecule has 0 atom stereocenters. The Morgan fingerprint density at radius 2 is 1.75 bits per heavy atom. The summed E-state index contributed by atoms with van der Waals surface area (Å²) in [5.41, 5.74) is 5.99. The number of nitro groups is 1. The van der Waals surface area contributed by atoms with Gasteiger partial charge in [0.2, 0.25) is 0 Å². The quantitative estimate of drug-likeness (QED) is 0.430. The normalized spacial score (nSPS) is 11.0. The van der Waals surface area contributed by atoms with Gasteiger partial charge >= 0.3 is 0 Å². The van der Waals surface area contributed by atoms with Gasteiger partial charge in [-0.2, -0.15) is 0 Å². The van der Waals surface area contributed by atoms with Crippen molar-refractivity contribution in [3.05, 3.63) is 69.3 Å². The van der Waals surface area contributed by atoms with Crippen molar-refractivity contribution in [1.82, 2.24) is 5.32 Å². The fourth-order valence-electron chi connectivity index (χ4n) is 2.63. The molecule has 1 amide bonds. The lowest BCUT2D eigenvalue weighted by Gasteiger charge is -2.19. The van der Waals surface area contributed by atoms with Gasteiger partial charge in [-0.3, -0.25) is 19.7 Å². The number of ketones is 1. The average Bonchev–Trinajstić information content (AvgIpc) is 2.64. The number of anilines is 1. The van der Waals surface area contributed by atoms with Crippen molar-refractivity contribution in [3.8, 4) is 0 Å². The summed E-state index contributed by atoms with van der Waals surface area (Å²) in [6, 6.07) is 10.6. The summed E-state index contributed by atoms with van der Waals surface area (Å²) in [6.07, 6.45) is 0. The molecule has 148 valence electrons. The topological polar surface area (TPSA) is 119 Å². The lowest BCUT2D eigenvalue weighted by molar-refractivity contribution is -0.384. The minimum absolute atomic E-state index is 0.136. The smallest absolute Gasteiger partial charge is 0.293 e. The Balaban J connectivity index is 2.41. The molecular weight excluding hydrogens is 360 g/mol. The van der Waals surface area contributed by atoms with Crippen LogP contribution in [0.2, 0.25) is 0 Å². The maximum Gasteiger partial charge on any atom is 0.293 e. The predicted molar refractivity (Wildman–Crippen MR) is 108 cm³/mol. The van der Waals surface area contributed by atoms with Crippen LogP contribution in [0.15, 0.2) is 42.5 Å². The molecule has 2 rings (SSSR count). The van der Waals surface area contributed by atoms with Gasteiger partial charge in [-0.15, -0.1) is 0 Å². The number of nitro benzene ring substituents is 1. The zero-order chi connectivity index (χ0) is 21.1. The molecule has 2 aromatic carbocycles. The molecule has 8 heteroatoms. The zero-order valence-corrected chi connectivity index (χ0v) is 16.4. The molecule has 0 fully saturated rings. The van der Waals surface area contributed by atoms with Gasteiger partial charge in [-0.05, 0) is 32.0 Å². The van der Waals surface area contributed by atoms with Crippen LogP contribution in [-0.2, 0) is 0 Å². The predicted octanol–water partition coefficient (Wildman–Crippen LogP) is 2.36. The van der Waals surface area contributed by atoms with E-state index >= 15 is 0 Å². The molecule has 0 saturated heterocycles. The van der Waals surface area contributed by atoms with Gasteiger partial charge in [-0.25, -0.2) is 0 Å². The second kappa shape index (κ2) is 8.18. The maximum absolute atomic E-state index is 13.0. The maximum atomic E-state index is 13.0. The summed E-state index contributed by atoms with van der Waals surface area (Å²) in [4.78, 5) is 38.0. The van der Waals surface area contributed by atoms with E-state index in [1.165, 1.54) is 30.3 Å². The van der Waals surface area contributed by atoms with Crippen LogP contribution in [0.4, 0.5) is 11.4 Å². The molecule has 2 aromatic rings. The van der Waals surface area contributed by atoms with E-state index in [0.717, 1.165) is 0 Å². The van der Waals surface area contributed by atoms with Crippen molar-refractivity contribution in [2.75, 3.05) is 25.5 Å². The van der Waals surface area contributed by atoms with Gasteiger partial charge < -0.3 is 16.0 Å². The molecule has 0 aliphatic heterocycles. The molecule has 28 heavy (non-hydrogen) atoms. The van der Waals surface area contributed by atoms with Gasteiger partial charge in [0.25, 0.3) is 11.6 Å². The summed E-state index contributed by atoms with van der Waals surface area (Å²) in [5.74, 6) is -0.895. The number of benzene rings is 2.